The van der Waals surface area contributed by atoms with Gasteiger partial charge in [0.05, 0.1) is 30.5 Å². The van der Waals surface area contributed by atoms with Crippen molar-refractivity contribution in [2.75, 3.05) is 12.9 Å². The van der Waals surface area contributed by atoms with Gasteiger partial charge in [-0.3, -0.25) is 4.99 Å². The van der Waals surface area contributed by atoms with E-state index >= 15 is 0 Å². The molecule has 1 aliphatic rings. The summed E-state index contributed by atoms with van der Waals surface area (Å²) in [5.74, 6) is 0.823. The van der Waals surface area contributed by atoms with Crippen LogP contribution in [0.25, 0.3) is 22.0 Å². The third-order valence-electron chi connectivity index (χ3n) is 5.89. The maximum Gasteiger partial charge on any atom is 0.573 e. The van der Waals surface area contributed by atoms with Crippen molar-refractivity contribution in [3.63, 3.8) is 0 Å². The molecule has 0 fully saturated rings. The molecule has 1 unspecified atom stereocenters. The normalized spacial score (nSPS) is 15.8. The molecule has 0 radical (unpaired) electrons. The number of alkyl halides is 3. The zero-order chi connectivity index (χ0) is 25.3. The minimum absolute atomic E-state index is 0.0703. The summed E-state index contributed by atoms with van der Waals surface area (Å²) in [6.07, 6.45) is -3.24. The number of rotatable bonds is 7. The van der Waals surface area contributed by atoms with Gasteiger partial charge in [0.2, 0.25) is 5.88 Å². The number of benzene rings is 2. The third kappa shape index (κ3) is 4.91. The van der Waals surface area contributed by atoms with Crippen LogP contribution in [-0.4, -0.2) is 45.0 Å². The molecule has 0 spiro atoms. The van der Waals surface area contributed by atoms with Gasteiger partial charge in [0, 0.05) is 52.2 Å². The van der Waals surface area contributed by atoms with E-state index in [4.69, 9.17) is 9.73 Å². The highest BCUT2D eigenvalue weighted by Gasteiger charge is 2.32. The van der Waals surface area contributed by atoms with Gasteiger partial charge in [-0.2, -0.15) is 0 Å². The van der Waals surface area contributed by atoms with Crippen LogP contribution < -0.4 is 9.47 Å². The number of aliphatic imine (C=N–C) groups is 1. The molecule has 6 nitrogen and oxygen atoms in total. The molecule has 0 bridgehead atoms. The first-order chi connectivity index (χ1) is 17.4. The molecule has 36 heavy (non-hydrogen) atoms. The van der Waals surface area contributed by atoms with Crippen LogP contribution >= 0.6 is 11.8 Å². The van der Waals surface area contributed by atoms with E-state index in [-0.39, 0.29) is 18.4 Å². The Bertz CT molecular complexity index is 1400. The number of hydrogen-bond acceptors (Lipinski definition) is 6. The average Bonchev–Trinajstić information content (AvgIpc) is 3.46. The average molecular weight is 514 g/mol. The second kappa shape index (κ2) is 9.87. The molecule has 1 aliphatic heterocycles. The summed E-state index contributed by atoms with van der Waals surface area (Å²) >= 11 is 1.66. The summed E-state index contributed by atoms with van der Waals surface area (Å²) in [6, 6.07) is 17.5. The van der Waals surface area contributed by atoms with Gasteiger partial charge in [0.15, 0.2) is 0 Å². The molecule has 0 saturated carbocycles. The van der Waals surface area contributed by atoms with Crippen molar-refractivity contribution in [3.05, 3.63) is 78.1 Å². The standard InChI is InChI=1S/C26H22F3N3O3S/c1-34-23-10-7-17(12-30-23)24-20-11-19(35-26(27,28)29)8-9-21(20)32(22(24)14-33)13-18-15-36-25(31-18)16-5-3-2-4-6-16/h2-12,18,33H,13-15H2,1H3. The summed E-state index contributed by atoms with van der Waals surface area (Å²) in [5, 5.41) is 11.9. The lowest BCUT2D eigenvalue weighted by molar-refractivity contribution is -0.274. The minimum Gasteiger partial charge on any atom is -0.481 e. The molecule has 1 atom stereocenters. The van der Waals surface area contributed by atoms with Crippen LogP contribution in [0.4, 0.5) is 13.2 Å². The molecule has 1 N–H and O–H groups in total. The van der Waals surface area contributed by atoms with Gasteiger partial charge in [0.1, 0.15) is 5.75 Å². The van der Waals surface area contributed by atoms with E-state index < -0.39 is 6.36 Å². The quantitative estimate of drug-likeness (QED) is 0.345. The highest BCUT2D eigenvalue weighted by Crippen LogP contribution is 2.39. The number of nitrogens with zero attached hydrogens (tertiary/aromatic N) is 3. The number of ether oxygens (including phenoxy) is 2. The number of thioether (sulfide) groups is 1. The molecule has 186 valence electrons. The van der Waals surface area contributed by atoms with Crippen molar-refractivity contribution in [1.82, 2.24) is 9.55 Å². The number of fused-ring (bicyclic) bond motifs is 1. The van der Waals surface area contributed by atoms with E-state index in [1.807, 2.05) is 34.9 Å². The van der Waals surface area contributed by atoms with E-state index in [2.05, 4.69) is 9.72 Å². The summed E-state index contributed by atoms with van der Waals surface area (Å²) in [5.41, 5.74) is 3.51. The predicted molar refractivity (Wildman–Crippen MR) is 134 cm³/mol. The lowest BCUT2D eigenvalue weighted by atomic mass is 10.0. The maximum absolute atomic E-state index is 12.9. The Hall–Kier alpha value is -3.50. The summed E-state index contributed by atoms with van der Waals surface area (Å²) in [6.45, 7) is 0.138. The number of aromatic nitrogens is 2. The molecule has 2 aromatic carbocycles. The number of aliphatic hydroxyl groups excluding tert-OH is 1. The molecule has 0 amide bonds. The molecule has 0 saturated heterocycles. The molecular weight excluding hydrogens is 491 g/mol. The zero-order valence-corrected chi connectivity index (χ0v) is 20.0. The van der Waals surface area contributed by atoms with Crippen LogP contribution in [0.1, 0.15) is 11.3 Å². The van der Waals surface area contributed by atoms with E-state index in [9.17, 15) is 18.3 Å². The highest BCUT2D eigenvalue weighted by molar-refractivity contribution is 8.14. The Labute approximate surface area is 209 Å². The van der Waals surface area contributed by atoms with Crippen LogP contribution in [0.15, 0.2) is 71.9 Å². The van der Waals surface area contributed by atoms with Gasteiger partial charge < -0.3 is 19.1 Å². The van der Waals surface area contributed by atoms with E-state index in [0.29, 0.717) is 40.1 Å². The van der Waals surface area contributed by atoms with Crippen LogP contribution in [-0.2, 0) is 13.2 Å². The number of aliphatic hydroxyl groups is 1. The van der Waals surface area contributed by atoms with Crippen LogP contribution in [0.2, 0.25) is 0 Å². The fourth-order valence-corrected chi connectivity index (χ4v) is 5.44. The fraction of sp³-hybridized carbons (Fsp3) is 0.231. The van der Waals surface area contributed by atoms with E-state index in [0.717, 1.165) is 16.4 Å². The Morgan fingerprint density at radius 3 is 2.56 bits per heavy atom. The summed E-state index contributed by atoms with van der Waals surface area (Å²) < 4.78 is 50.1. The first-order valence-electron chi connectivity index (χ1n) is 11.1. The van der Waals surface area contributed by atoms with Gasteiger partial charge >= 0.3 is 6.36 Å². The smallest absolute Gasteiger partial charge is 0.481 e. The Kier molecular flexibility index (Phi) is 6.63. The Morgan fingerprint density at radius 2 is 1.89 bits per heavy atom. The van der Waals surface area contributed by atoms with Gasteiger partial charge in [-0.15, -0.1) is 24.9 Å². The SMILES string of the molecule is COc1ccc(-c2c(CO)n(CC3CSC(c4ccccc4)=N3)c3ccc(OC(F)(F)F)cc23)cn1. The monoisotopic (exact) mass is 513 g/mol. The van der Waals surface area contributed by atoms with E-state index in [1.165, 1.54) is 19.2 Å². The highest BCUT2D eigenvalue weighted by atomic mass is 32.2. The second-order valence-corrected chi connectivity index (χ2v) is 9.18. The van der Waals surface area contributed by atoms with Gasteiger partial charge in [-0.1, -0.05) is 30.3 Å². The molecule has 2 aromatic heterocycles. The van der Waals surface area contributed by atoms with Crippen LogP contribution in [0.5, 0.6) is 11.6 Å². The predicted octanol–water partition coefficient (Wildman–Crippen LogP) is 5.67. The van der Waals surface area contributed by atoms with Crippen LogP contribution in [0, 0.1) is 0 Å². The minimum atomic E-state index is -4.82. The van der Waals surface area contributed by atoms with Crippen molar-refractivity contribution in [3.8, 4) is 22.8 Å². The third-order valence-corrected chi connectivity index (χ3v) is 7.05. The first-order valence-corrected chi connectivity index (χ1v) is 12.1. The second-order valence-electron chi connectivity index (χ2n) is 8.17. The lowest BCUT2D eigenvalue weighted by Gasteiger charge is -2.13. The summed E-state index contributed by atoms with van der Waals surface area (Å²) in [7, 11) is 1.50. The van der Waals surface area contributed by atoms with Gasteiger partial charge in [0.25, 0.3) is 0 Å². The Balaban J connectivity index is 1.60. The number of pyridine rings is 1. The maximum atomic E-state index is 12.9. The largest absolute Gasteiger partial charge is 0.573 e. The summed E-state index contributed by atoms with van der Waals surface area (Å²) in [4.78, 5) is 9.13. The fourth-order valence-electron chi connectivity index (χ4n) is 4.39. The molecular formula is C26H22F3N3O3S. The van der Waals surface area contributed by atoms with Crippen molar-refractivity contribution >= 4 is 27.7 Å². The van der Waals surface area contributed by atoms with Crippen molar-refractivity contribution in [1.29, 1.82) is 0 Å². The zero-order valence-electron chi connectivity index (χ0n) is 19.2. The van der Waals surface area contributed by atoms with Crippen LogP contribution in [0.3, 0.4) is 0 Å². The number of hydrogen-bond donors (Lipinski definition) is 1. The Morgan fingerprint density at radius 1 is 1.08 bits per heavy atom. The molecule has 4 aromatic rings. The molecule has 0 aliphatic carbocycles. The topological polar surface area (TPSA) is 68.9 Å². The number of methoxy groups -OCH3 is 1. The number of halogens is 3. The van der Waals surface area contributed by atoms with Crippen molar-refractivity contribution < 1.29 is 27.8 Å². The van der Waals surface area contributed by atoms with E-state index in [1.54, 1.807) is 36.2 Å². The molecule has 10 heteroatoms. The molecule has 3 heterocycles. The van der Waals surface area contributed by atoms with Crippen molar-refractivity contribution in [2.45, 2.75) is 25.6 Å². The van der Waals surface area contributed by atoms with Crippen molar-refractivity contribution in [2.24, 2.45) is 4.99 Å². The first kappa shape index (κ1) is 24.2. The lowest BCUT2D eigenvalue weighted by Crippen LogP contribution is -2.17. The molecule has 5 rings (SSSR count). The van der Waals surface area contributed by atoms with Gasteiger partial charge in [-0.25, -0.2) is 4.98 Å². The van der Waals surface area contributed by atoms with Gasteiger partial charge in [-0.05, 0) is 24.3 Å².